The third-order valence-corrected chi connectivity index (χ3v) is 10.9. The van der Waals surface area contributed by atoms with Gasteiger partial charge in [-0.1, -0.05) is 170 Å². The number of fused-ring (bicyclic) bond motifs is 7. The van der Waals surface area contributed by atoms with Crippen LogP contribution in [0.3, 0.4) is 0 Å². The first-order chi connectivity index (χ1) is 27.3. The van der Waals surface area contributed by atoms with Crippen LogP contribution in [0.5, 0.6) is 0 Å². The molecule has 0 saturated carbocycles. The van der Waals surface area contributed by atoms with E-state index in [0.29, 0.717) is 0 Å². The molecular weight excluding hydrogens is 671 g/mol. The van der Waals surface area contributed by atoms with Crippen LogP contribution in [-0.4, -0.2) is 0 Å². The van der Waals surface area contributed by atoms with Crippen molar-refractivity contribution in [2.24, 2.45) is 0 Å². The second-order valence-corrected chi connectivity index (χ2v) is 14.0. The van der Waals surface area contributed by atoms with Crippen molar-refractivity contribution in [3.8, 4) is 33.4 Å². The summed E-state index contributed by atoms with van der Waals surface area (Å²) in [5.41, 5.74) is 13.2. The van der Waals surface area contributed by atoms with Crippen LogP contribution in [0.15, 0.2) is 209 Å². The minimum absolute atomic E-state index is 0.820. The van der Waals surface area contributed by atoms with E-state index in [1.165, 1.54) is 27.5 Å². The Kier molecular flexibility index (Phi) is 7.17. The van der Waals surface area contributed by atoms with Crippen LogP contribution in [0.4, 0.5) is 17.1 Å². The van der Waals surface area contributed by atoms with E-state index in [0.717, 1.165) is 77.6 Å². The van der Waals surface area contributed by atoms with E-state index in [-0.39, 0.29) is 0 Å². The first kappa shape index (κ1) is 31.2. The molecule has 11 rings (SSSR count). The predicted molar refractivity (Wildman–Crippen MR) is 229 cm³/mol. The molecule has 9 aromatic carbocycles. The molecule has 0 N–H and O–H groups in total. The van der Waals surface area contributed by atoms with Gasteiger partial charge in [-0.2, -0.15) is 0 Å². The molecule has 2 heterocycles. The fourth-order valence-corrected chi connectivity index (χ4v) is 8.35. The molecule has 3 heteroatoms. The van der Waals surface area contributed by atoms with E-state index in [2.05, 4.69) is 187 Å². The average molecular weight is 704 g/mol. The van der Waals surface area contributed by atoms with Gasteiger partial charge in [0.2, 0.25) is 0 Å². The van der Waals surface area contributed by atoms with Crippen LogP contribution >= 0.6 is 0 Å². The Balaban J connectivity index is 1.12. The number of nitrogens with zero attached hydrogens (tertiary/aromatic N) is 1. The summed E-state index contributed by atoms with van der Waals surface area (Å²) < 4.78 is 13.7. The molecule has 0 atom stereocenters. The van der Waals surface area contributed by atoms with Gasteiger partial charge in [0.1, 0.15) is 11.2 Å². The number of anilines is 3. The topological polar surface area (TPSA) is 29.5 Å². The summed E-state index contributed by atoms with van der Waals surface area (Å²) >= 11 is 0. The fraction of sp³-hybridized carbons (Fsp3) is 0. The first-order valence-electron chi connectivity index (χ1n) is 18.7. The molecule has 0 saturated heterocycles. The minimum atomic E-state index is 0.820. The van der Waals surface area contributed by atoms with Crippen LogP contribution in [0, 0.1) is 0 Å². The highest BCUT2D eigenvalue weighted by molar-refractivity contribution is 6.15. The lowest BCUT2D eigenvalue weighted by Gasteiger charge is -2.26. The second kappa shape index (κ2) is 12.6. The summed E-state index contributed by atoms with van der Waals surface area (Å²) in [6.45, 7) is 0. The third-order valence-electron chi connectivity index (χ3n) is 10.9. The molecule has 0 spiro atoms. The number of hydrogen-bond donors (Lipinski definition) is 0. The van der Waals surface area contributed by atoms with Crippen molar-refractivity contribution in [3.63, 3.8) is 0 Å². The van der Waals surface area contributed by atoms with E-state index in [1.807, 2.05) is 18.2 Å². The molecule has 2 aromatic heterocycles. The van der Waals surface area contributed by atoms with Gasteiger partial charge in [-0.15, -0.1) is 0 Å². The SMILES string of the molecule is c1ccc(-c2ccc(-c3ccc(N(c4cccc5c4oc4ccccc45)c4cccc5c4oc4c(-c6ccccc6)cccc45)cc3)c3ccccc23)cc1. The maximum atomic E-state index is 6.98. The zero-order valence-corrected chi connectivity index (χ0v) is 29.8. The quantitative estimate of drug-likeness (QED) is 0.173. The van der Waals surface area contributed by atoms with Crippen molar-refractivity contribution in [2.75, 3.05) is 4.90 Å². The lowest BCUT2D eigenvalue weighted by atomic mass is 9.92. The first-order valence-corrected chi connectivity index (χ1v) is 18.7. The van der Waals surface area contributed by atoms with Gasteiger partial charge in [-0.05, 0) is 68.9 Å². The Morgan fingerprint density at radius 2 is 0.727 bits per heavy atom. The fourth-order valence-electron chi connectivity index (χ4n) is 8.35. The monoisotopic (exact) mass is 703 g/mol. The molecule has 0 bridgehead atoms. The summed E-state index contributed by atoms with van der Waals surface area (Å²) in [7, 11) is 0. The highest BCUT2D eigenvalue weighted by Crippen LogP contribution is 2.47. The van der Waals surface area contributed by atoms with Crippen molar-refractivity contribution in [3.05, 3.63) is 200 Å². The summed E-state index contributed by atoms with van der Waals surface area (Å²) in [5.74, 6) is 0. The lowest BCUT2D eigenvalue weighted by molar-refractivity contribution is 0.666. The van der Waals surface area contributed by atoms with Crippen molar-refractivity contribution in [1.29, 1.82) is 0 Å². The third kappa shape index (κ3) is 5.05. The number of para-hydroxylation sites is 4. The molecule has 11 aromatic rings. The van der Waals surface area contributed by atoms with Crippen molar-refractivity contribution in [2.45, 2.75) is 0 Å². The molecule has 0 unspecified atom stereocenters. The van der Waals surface area contributed by atoms with Gasteiger partial charge in [-0.25, -0.2) is 0 Å². The smallest absolute Gasteiger partial charge is 0.159 e. The van der Waals surface area contributed by atoms with Crippen LogP contribution in [0.25, 0.3) is 88.0 Å². The average Bonchev–Trinajstić information content (AvgIpc) is 3.84. The molecule has 0 amide bonds. The maximum Gasteiger partial charge on any atom is 0.159 e. The molecule has 0 aliphatic heterocycles. The van der Waals surface area contributed by atoms with Gasteiger partial charge in [0, 0.05) is 32.8 Å². The zero-order valence-electron chi connectivity index (χ0n) is 29.8. The van der Waals surface area contributed by atoms with Gasteiger partial charge < -0.3 is 13.7 Å². The number of benzene rings is 9. The van der Waals surface area contributed by atoms with Gasteiger partial charge >= 0.3 is 0 Å². The van der Waals surface area contributed by atoms with E-state index >= 15 is 0 Å². The van der Waals surface area contributed by atoms with Gasteiger partial charge in [-0.3, -0.25) is 0 Å². The van der Waals surface area contributed by atoms with Crippen molar-refractivity contribution >= 4 is 71.7 Å². The number of furan rings is 2. The molecule has 55 heavy (non-hydrogen) atoms. The Labute approximate surface area is 317 Å². The largest absolute Gasteiger partial charge is 0.454 e. The van der Waals surface area contributed by atoms with E-state index in [4.69, 9.17) is 8.83 Å². The summed E-state index contributed by atoms with van der Waals surface area (Å²) in [6, 6.07) is 70.7. The standard InChI is InChI=1S/C52H33NO2/c1-3-14-34(15-4-1)38-32-33-39(42-19-8-7-18-41(38)42)36-28-30-37(31-29-36)53(47-25-12-23-44-43-20-9-10-27-49(43)54-51(44)47)48-26-13-24-46-45-22-11-21-40(50(45)55-52(46)48)35-16-5-2-6-17-35/h1-33H. The van der Waals surface area contributed by atoms with Crippen molar-refractivity contribution in [1.82, 2.24) is 0 Å². The van der Waals surface area contributed by atoms with Crippen LogP contribution in [-0.2, 0) is 0 Å². The lowest BCUT2D eigenvalue weighted by Crippen LogP contribution is -2.10. The number of rotatable bonds is 6. The molecule has 0 fully saturated rings. The van der Waals surface area contributed by atoms with Gasteiger partial charge in [0.25, 0.3) is 0 Å². The minimum Gasteiger partial charge on any atom is -0.454 e. The van der Waals surface area contributed by atoms with Crippen LogP contribution in [0.1, 0.15) is 0 Å². The van der Waals surface area contributed by atoms with Crippen LogP contribution < -0.4 is 4.90 Å². The Morgan fingerprint density at radius 1 is 0.273 bits per heavy atom. The molecular formula is C52H33NO2. The van der Waals surface area contributed by atoms with Gasteiger partial charge in [0.05, 0.1) is 11.4 Å². The molecule has 0 aliphatic rings. The summed E-state index contributed by atoms with van der Waals surface area (Å²) in [6.07, 6.45) is 0. The molecule has 3 nitrogen and oxygen atoms in total. The van der Waals surface area contributed by atoms with Crippen molar-refractivity contribution < 1.29 is 8.83 Å². The molecule has 0 radical (unpaired) electrons. The van der Waals surface area contributed by atoms with E-state index < -0.39 is 0 Å². The summed E-state index contributed by atoms with van der Waals surface area (Å²) in [4.78, 5) is 2.29. The highest BCUT2D eigenvalue weighted by Gasteiger charge is 2.24. The predicted octanol–water partition coefficient (Wildman–Crippen LogP) is 15.1. The summed E-state index contributed by atoms with van der Waals surface area (Å²) in [5, 5.41) is 6.77. The molecule has 0 aliphatic carbocycles. The Morgan fingerprint density at radius 3 is 1.36 bits per heavy atom. The number of hydrogen-bond acceptors (Lipinski definition) is 3. The second-order valence-electron chi connectivity index (χ2n) is 14.0. The maximum absolute atomic E-state index is 6.98. The molecule has 258 valence electrons. The Hall–Kier alpha value is -7.36. The zero-order chi connectivity index (χ0) is 36.3. The normalized spacial score (nSPS) is 11.6. The van der Waals surface area contributed by atoms with Crippen LogP contribution in [0.2, 0.25) is 0 Å². The van der Waals surface area contributed by atoms with E-state index in [1.54, 1.807) is 0 Å². The Bertz CT molecular complexity index is 3190. The highest BCUT2D eigenvalue weighted by atomic mass is 16.3. The van der Waals surface area contributed by atoms with E-state index in [9.17, 15) is 0 Å². The van der Waals surface area contributed by atoms with Gasteiger partial charge in [0.15, 0.2) is 11.2 Å².